The molecule has 0 bridgehead atoms. The van der Waals surface area contributed by atoms with Gasteiger partial charge in [-0.2, -0.15) is 4.31 Å². The molecule has 1 amide bonds. The molecular weight excluding hydrogens is 452 g/mol. The Morgan fingerprint density at radius 2 is 1.94 bits per heavy atom. The Labute approximate surface area is 190 Å². The summed E-state index contributed by atoms with van der Waals surface area (Å²) >= 11 is 0. The van der Waals surface area contributed by atoms with Crippen molar-refractivity contribution >= 4 is 15.9 Å². The largest absolute Gasteiger partial charge is 0.453 e. The Morgan fingerprint density at radius 1 is 1.15 bits per heavy atom. The van der Waals surface area contributed by atoms with E-state index in [4.69, 9.17) is 4.74 Å². The number of halogens is 2. The molecule has 2 heterocycles. The zero-order valence-corrected chi connectivity index (χ0v) is 18.3. The molecule has 0 saturated carbocycles. The third kappa shape index (κ3) is 5.18. The lowest BCUT2D eigenvalue weighted by Crippen LogP contribution is -2.45. The van der Waals surface area contributed by atoms with Gasteiger partial charge < -0.3 is 10.1 Å². The summed E-state index contributed by atoms with van der Waals surface area (Å²) in [6.45, 7) is 0.205. The van der Waals surface area contributed by atoms with Crippen LogP contribution in [0.2, 0.25) is 0 Å². The van der Waals surface area contributed by atoms with Gasteiger partial charge in [0.15, 0.2) is 11.6 Å². The average molecular weight is 474 g/mol. The Morgan fingerprint density at radius 3 is 2.64 bits per heavy atom. The van der Waals surface area contributed by atoms with Crippen LogP contribution in [0.1, 0.15) is 18.4 Å². The molecule has 1 unspecified atom stereocenters. The fourth-order valence-electron chi connectivity index (χ4n) is 3.61. The molecule has 1 atom stereocenters. The van der Waals surface area contributed by atoms with Crippen molar-refractivity contribution < 1.29 is 26.7 Å². The molecule has 0 radical (unpaired) electrons. The predicted molar refractivity (Wildman–Crippen MR) is 116 cm³/mol. The van der Waals surface area contributed by atoms with Crippen molar-refractivity contribution in [1.82, 2.24) is 14.6 Å². The minimum absolute atomic E-state index is 0.0177. The van der Waals surface area contributed by atoms with E-state index in [0.717, 1.165) is 16.4 Å². The summed E-state index contributed by atoms with van der Waals surface area (Å²) in [4.78, 5) is 16.6. The van der Waals surface area contributed by atoms with Crippen LogP contribution in [0.4, 0.5) is 8.78 Å². The number of ether oxygens (including phenoxy) is 1. The van der Waals surface area contributed by atoms with Crippen LogP contribution in [-0.4, -0.2) is 36.2 Å². The number of hydrogen-bond donors (Lipinski definition) is 1. The average Bonchev–Trinajstić information content (AvgIpc) is 3.31. The molecule has 3 aromatic rings. The SMILES string of the molecule is O=C(NCc1ccc(Oc2cccnc2)c(F)c1)C1CCCN1S(=O)(=O)c1ccc(F)cc1. The van der Waals surface area contributed by atoms with Gasteiger partial charge >= 0.3 is 0 Å². The van der Waals surface area contributed by atoms with Crippen molar-refractivity contribution in [2.24, 2.45) is 0 Å². The van der Waals surface area contributed by atoms with Gasteiger partial charge in [-0.3, -0.25) is 9.78 Å². The molecule has 33 heavy (non-hydrogen) atoms. The summed E-state index contributed by atoms with van der Waals surface area (Å²) in [7, 11) is -3.95. The first-order chi connectivity index (χ1) is 15.8. The van der Waals surface area contributed by atoms with Gasteiger partial charge in [0.25, 0.3) is 0 Å². The van der Waals surface area contributed by atoms with Gasteiger partial charge in [0, 0.05) is 19.3 Å². The van der Waals surface area contributed by atoms with E-state index in [1.54, 1.807) is 24.4 Å². The van der Waals surface area contributed by atoms with Crippen molar-refractivity contribution in [2.45, 2.75) is 30.3 Å². The van der Waals surface area contributed by atoms with E-state index in [9.17, 15) is 22.0 Å². The maximum atomic E-state index is 14.4. The summed E-state index contributed by atoms with van der Waals surface area (Å²) < 4.78 is 60.0. The lowest BCUT2D eigenvalue weighted by atomic mass is 10.2. The first-order valence-corrected chi connectivity index (χ1v) is 11.7. The van der Waals surface area contributed by atoms with Crippen LogP contribution < -0.4 is 10.1 Å². The van der Waals surface area contributed by atoms with E-state index < -0.39 is 33.6 Å². The predicted octanol–water partition coefficient (Wildman–Crippen LogP) is 3.62. The number of rotatable bonds is 7. The van der Waals surface area contributed by atoms with Crippen LogP contribution in [0, 0.1) is 11.6 Å². The molecule has 1 saturated heterocycles. The van der Waals surface area contributed by atoms with Gasteiger partial charge in [0.05, 0.1) is 11.1 Å². The maximum absolute atomic E-state index is 14.4. The van der Waals surface area contributed by atoms with E-state index in [1.807, 2.05) is 0 Å². The van der Waals surface area contributed by atoms with Crippen LogP contribution in [-0.2, 0) is 21.4 Å². The molecule has 1 fully saturated rings. The highest BCUT2D eigenvalue weighted by Crippen LogP contribution is 2.27. The van der Waals surface area contributed by atoms with Crippen molar-refractivity contribution in [3.8, 4) is 11.5 Å². The fraction of sp³-hybridized carbons (Fsp3) is 0.217. The van der Waals surface area contributed by atoms with Crippen LogP contribution in [0.25, 0.3) is 0 Å². The fourth-order valence-corrected chi connectivity index (χ4v) is 5.27. The Bertz CT molecular complexity index is 1240. The molecule has 1 aliphatic heterocycles. The lowest BCUT2D eigenvalue weighted by molar-refractivity contribution is -0.124. The van der Waals surface area contributed by atoms with Crippen LogP contribution >= 0.6 is 0 Å². The molecular formula is C23H21F2N3O4S. The third-order valence-electron chi connectivity index (χ3n) is 5.25. The molecule has 0 spiro atoms. The van der Waals surface area contributed by atoms with Crippen LogP contribution in [0.3, 0.4) is 0 Å². The normalized spacial score (nSPS) is 16.5. The molecule has 0 aliphatic carbocycles. The first kappa shape index (κ1) is 22.8. The molecule has 2 aromatic carbocycles. The van der Waals surface area contributed by atoms with E-state index >= 15 is 0 Å². The van der Waals surface area contributed by atoms with E-state index in [0.29, 0.717) is 24.2 Å². The highest BCUT2D eigenvalue weighted by Gasteiger charge is 2.39. The molecule has 1 aliphatic rings. The summed E-state index contributed by atoms with van der Waals surface area (Å²) in [5, 5.41) is 2.68. The monoisotopic (exact) mass is 473 g/mol. The number of nitrogens with zero attached hydrogens (tertiary/aromatic N) is 2. The van der Waals surface area contributed by atoms with E-state index in [1.165, 1.54) is 30.5 Å². The number of pyridine rings is 1. The molecule has 10 heteroatoms. The number of amides is 1. The second-order valence-corrected chi connectivity index (χ2v) is 9.39. The lowest BCUT2D eigenvalue weighted by Gasteiger charge is -2.23. The zero-order chi connectivity index (χ0) is 23.4. The van der Waals surface area contributed by atoms with E-state index in [-0.39, 0.29) is 23.7 Å². The summed E-state index contributed by atoms with van der Waals surface area (Å²) in [5.74, 6) is -1.22. The Hall–Kier alpha value is -3.37. The molecule has 7 nitrogen and oxygen atoms in total. The number of aromatic nitrogens is 1. The number of sulfonamides is 1. The van der Waals surface area contributed by atoms with Gasteiger partial charge in [-0.1, -0.05) is 6.07 Å². The molecule has 4 rings (SSSR count). The second kappa shape index (κ2) is 9.63. The number of carbonyl (C=O) groups is 1. The van der Waals surface area contributed by atoms with Crippen molar-refractivity contribution in [3.63, 3.8) is 0 Å². The quantitative estimate of drug-likeness (QED) is 0.566. The van der Waals surface area contributed by atoms with Gasteiger partial charge in [-0.05, 0) is 66.9 Å². The third-order valence-corrected chi connectivity index (χ3v) is 7.17. The van der Waals surface area contributed by atoms with Gasteiger partial charge in [-0.15, -0.1) is 0 Å². The van der Waals surface area contributed by atoms with Gasteiger partial charge in [-0.25, -0.2) is 17.2 Å². The number of benzene rings is 2. The van der Waals surface area contributed by atoms with Crippen molar-refractivity contribution in [1.29, 1.82) is 0 Å². The highest BCUT2D eigenvalue weighted by atomic mass is 32.2. The Balaban J connectivity index is 1.41. The summed E-state index contributed by atoms with van der Waals surface area (Å²) in [6.07, 6.45) is 3.91. The van der Waals surface area contributed by atoms with Crippen LogP contribution in [0.15, 0.2) is 71.9 Å². The summed E-state index contributed by atoms with van der Waals surface area (Å²) in [5.41, 5.74) is 0.491. The van der Waals surface area contributed by atoms with E-state index in [2.05, 4.69) is 10.3 Å². The maximum Gasteiger partial charge on any atom is 0.243 e. The highest BCUT2D eigenvalue weighted by molar-refractivity contribution is 7.89. The Kier molecular flexibility index (Phi) is 6.66. The number of nitrogens with one attached hydrogen (secondary N) is 1. The summed E-state index contributed by atoms with van der Waals surface area (Å²) in [6, 6.07) is 11.2. The molecule has 1 N–H and O–H groups in total. The first-order valence-electron chi connectivity index (χ1n) is 10.3. The van der Waals surface area contributed by atoms with Crippen LogP contribution in [0.5, 0.6) is 11.5 Å². The molecule has 172 valence electrons. The smallest absolute Gasteiger partial charge is 0.243 e. The second-order valence-electron chi connectivity index (χ2n) is 7.50. The van der Waals surface area contributed by atoms with Gasteiger partial charge in [0.2, 0.25) is 15.9 Å². The number of carbonyl (C=O) groups excluding carboxylic acids is 1. The minimum Gasteiger partial charge on any atom is -0.453 e. The van der Waals surface area contributed by atoms with Crippen molar-refractivity contribution in [2.75, 3.05) is 6.54 Å². The van der Waals surface area contributed by atoms with Gasteiger partial charge in [0.1, 0.15) is 17.6 Å². The zero-order valence-electron chi connectivity index (χ0n) is 17.4. The molecule has 1 aromatic heterocycles. The van der Waals surface area contributed by atoms with Crippen molar-refractivity contribution in [3.05, 3.63) is 84.2 Å². The topological polar surface area (TPSA) is 88.6 Å². The minimum atomic E-state index is -3.95. The standard InChI is InChI=1S/C23H21F2N3O4S/c24-17-6-8-19(9-7-17)33(30,31)28-12-2-4-21(28)23(29)27-14-16-5-10-22(20(25)13-16)32-18-3-1-11-26-15-18/h1,3,5-11,13,15,21H,2,4,12,14H2,(H,27,29). The number of hydrogen-bond acceptors (Lipinski definition) is 5.